The van der Waals surface area contributed by atoms with E-state index < -0.39 is 6.03 Å². The highest BCUT2D eigenvalue weighted by molar-refractivity contribution is 6.02. The van der Waals surface area contributed by atoms with Crippen molar-refractivity contribution < 1.29 is 23.6 Å². The summed E-state index contributed by atoms with van der Waals surface area (Å²) in [6, 6.07) is 4.75. The summed E-state index contributed by atoms with van der Waals surface area (Å²) in [5, 5.41) is 9.41. The number of amides is 3. The monoisotopic (exact) mass is 501 g/mol. The minimum Gasteiger partial charge on any atom is -0.491 e. The summed E-state index contributed by atoms with van der Waals surface area (Å²) in [5.41, 5.74) is 2.05. The van der Waals surface area contributed by atoms with Crippen LogP contribution in [0.25, 0.3) is 0 Å². The minimum absolute atomic E-state index is 0.0942. The summed E-state index contributed by atoms with van der Waals surface area (Å²) in [6.07, 6.45) is 0.932. The van der Waals surface area contributed by atoms with Crippen LogP contribution < -0.4 is 15.4 Å². The molecule has 1 aromatic carbocycles. The maximum absolute atomic E-state index is 13.4. The molecule has 10 heteroatoms. The highest BCUT2D eigenvalue weighted by atomic mass is 16.5. The molecule has 1 aliphatic heterocycles. The number of nitrogens with one attached hydrogen (secondary N) is 2. The first-order valence-electron chi connectivity index (χ1n) is 12.4. The molecule has 0 saturated heterocycles. The third-order valence-electron chi connectivity index (χ3n) is 6.62. The van der Waals surface area contributed by atoms with Crippen LogP contribution in [0.5, 0.6) is 5.75 Å². The second-order valence-electron chi connectivity index (χ2n) is 9.58. The molecule has 0 saturated carbocycles. The van der Waals surface area contributed by atoms with E-state index in [1.54, 1.807) is 51.1 Å². The van der Waals surface area contributed by atoms with Gasteiger partial charge < -0.3 is 29.5 Å². The zero-order valence-electron chi connectivity index (χ0n) is 22.4. The van der Waals surface area contributed by atoms with Crippen LogP contribution in [-0.4, -0.2) is 79.4 Å². The van der Waals surface area contributed by atoms with Gasteiger partial charge in [0.25, 0.3) is 5.91 Å². The van der Waals surface area contributed by atoms with Crippen LogP contribution in [0, 0.1) is 19.8 Å². The van der Waals surface area contributed by atoms with Crippen LogP contribution in [0.15, 0.2) is 22.7 Å². The molecule has 0 spiro atoms. The fraction of sp³-hybridized carbons (Fsp3) is 0.577. The lowest BCUT2D eigenvalue weighted by atomic mass is 10.0. The number of carbonyl (C=O) groups excluding carboxylic acids is 2. The summed E-state index contributed by atoms with van der Waals surface area (Å²) in [5.74, 6) is 1.02. The highest BCUT2D eigenvalue weighted by Crippen LogP contribution is 2.27. The quantitative estimate of drug-likeness (QED) is 0.633. The van der Waals surface area contributed by atoms with Crippen molar-refractivity contribution in [2.75, 3.05) is 51.0 Å². The largest absolute Gasteiger partial charge is 0.491 e. The van der Waals surface area contributed by atoms with Gasteiger partial charge in [-0.1, -0.05) is 19.0 Å². The number of methoxy groups -OCH3 is 1. The predicted octanol–water partition coefficient (Wildman–Crippen LogP) is 4.15. The predicted molar refractivity (Wildman–Crippen MR) is 139 cm³/mol. The lowest BCUT2D eigenvalue weighted by Crippen LogP contribution is -2.46. The number of urea groups is 1. The first kappa shape index (κ1) is 27.5. The Kier molecular flexibility index (Phi) is 9.33. The average Bonchev–Trinajstić information content (AvgIpc) is 3.16. The molecule has 0 aliphatic carbocycles. The van der Waals surface area contributed by atoms with Gasteiger partial charge in [-0.3, -0.25) is 9.69 Å². The van der Waals surface area contributed by atoms with Crippen molar-refractivity contribution in [2.45, 2.75) is 53.2 Å². The summed E-state index contributed by atoms with van der Waals surface area (Å²) in [6.45, 7) is 12.6. The van der Waals surface area contributed by atoms with Crippen molar-refractivity contribution in [2.24, 2.45) is 5.92 Å². The first-order valence-corrected chi connectivity index (χ1v) is 12.4. The second kappa shape index (κ2) is 12.2. The molecule has 198 valence electrons. The molecule has 1 aliphatic rings. The van der Waals surface area contributed by atoms with Gasteiger partial charge in [0.15, 0.2) is 5.76 Å². The molecular weight excluding hydrogens is 462 g/mol. The van der Waals surface area contributed by atoms with E-state index in [1.165, 1.54) is 0 Å². The number of benzene rings is 1. The minimum atomic E-state index is -0.444. The summed E-state index contributed by atoms with van der Waals surface area (Å²) < 4.78 is 17.1. The van der Waals surface area contributed by atoms with Gasteiger partial charge in [-0.2, -0.15) is 0 Å². The number of ether oxygens (including phenoxy) is 2. The molecule has 2 N–H and O–H groups in total. The molecular formula is C26H39N5O5. The molecule has 3 rings (SSSR count). The number of hydrogen-bond acceptors (Lipinski definition) is 7. The highest BCUT2D eigenvalue weighted by Gasteiger charge is 2.28. The van der Waals surface area contributed by atoms with Crippen LogP contribution in [0.1, 0.15) is 49.0 Å². The van der Waals surface area contributed by atoms with Crippen LogP contribution in [-0.2, 0) is 4.74 Å². The van der Waals surface area contributed by atoms with Crippen molar-refractivity contribution in [3.05, 3.63) is 35.2 Å². The summed E-state index contributed by atoms with van der Waals surface area (Å²) >= 11 is 0. The van der Waals surface area contributed by atoms with Crippen molar-refractivity contribution in [1.29, 1.82) is 0 Å². The Balaban J connectivity index is 1.87. The van der Waals surface area contributed by atoms with Crippen molar-refractivity contribution in [3.63, 3.8) is 0 Å². The van der Waals surface area contributed by atoms with E-state index in [-0.39, 0.29) is 24.0 Å². The van der Waals surface area contributed by atoms with E-state index in [1.807, 2.05) is 0 Å². The fourth-order valence-corrected chi connectivity index (χ4v) is 4.46. The molecule has 2 heterocycles. The van der Waals surface area contributed by atoms with Gasteiger partial charge in [0, 0.05) is 45.0 Å². The molecule has 2 aromatic rings. The van der Waals surface area contributed by atoms with Gasteiger partial charge in [-0.05, 0) is 51.8 Å². The number of aromatic nitrogens is 1. The Morgan fingerprint density at radius 2 is 1.97 bits per heavy atom. The molecule has 1 aromatic heterocycles. The molecule has 0 fully saturated rings. The van der Waals surface area contributed by atoms with Crippen LogP contribution in [0.3, 0.4) is 0 Å². The Labute approximate surface area is 213 Å². The molecule has 3 amide bonds. The molecule has 36 heavy (non-hydrogen) atoms. The number of hydrogen-bond donors (Lipinski definition) is 2. The Morgan fingerprint density at radius 3 is 2.61 bits per heavy atom. The normalized spacial score (nSPS) is 21.7. The number of nitrogens with zero attached hydrogens (tertiary/aromatic N) is 3. The maximum Gasteiger partial charge on any atom is 0.323 e. The van der Waals surface area contributed by atoms with Gasteiger partial charge in [0.05, 0.1) is 11.7 Å². The maximum atomic E-state index is 13.4. The fourth-order valence-electron chi connectivity index (χ4n) is 4.46. The molecule has 0 bridgehead atoms. The van der Waals surface area contributed by atoms with Gasteiger partial charge in [-0.15, -0.1) is 0 Å². The van der Waals surface area contributed by atoms with Crippen LogP contribution >= 0.6 is 0 Å². The number of anilines is 2. The topological polar surface area (TPSA) is 109 Å². The second-order valence-corrected chi connectivity index (χ2v) is 9.58. The van der Waals surface area contributed by atoms with E-state index in [9.17, 15) is 9.59 Å². The standard InChI is InChI=1S/C26H39N5O5/c1-8-11-31-13-16(2)23(34-7)14-30(6)25(32)21-10-9-20(12-22(21)35-15-17(31)3)27-26(33)28-24-18(4)29-36-19(24)5/h9-10,12,16-17,23H,8,11,13-15H2,1-7H3,(H2,27,28,33)/t16-,17+,23+/m1/s1. The molecule has 0 radical (unpaired) electrons. The number of carbonyl (C=O) groups is 2. The molecule has 3 atom stereocenters. The van der Waals surface area contributed by atoms with Crippen LogP contribution in [0.4, 0.5) is 16.2 Å². The number of likely N-dealkylation sites (N-methyl/N-ethyl adjacent to an activating group) is 1. The number of aryl methyl sites for hydroxylation is 2. The van der Waals surface area contributed by atoms with Gasteiger partial charge >= 0.3 is 6.03 Å². The van der Waals surface area contributed by atoms with Crippen molar-refractivity contribution in [3.8, 4) is 5.75 Å². The third kappa shape index (κ3) is 6.55. The Bertz CT molecular complexity index is 1040. The molecule has 0 unspecified atom stereocenters. The molecule has 10 nitrogen and oxygen atoms in total. The smallest absolute Gasteiger partial charge is 0.323 e. The van der Waals surface area contributed by atoms with E-state index in [0.29, 0.717) is 47.3 Å². The van der Waals surface area contributed by atoms with Gasteiger partial charge in [0.1, 0.15) is 23.7 Å². The zero-order chi connectivity index (χ0) is 26.4. The number of rotatable bonds is 5. The van der Waals surface area contributed by atoms with Crippen molar-refractivity contribution >= 4 is 23.3 Å². The summed E-state index contributed by atoms with van der Waals surface area (Å²) in [4.78, 5) is 30.0. The van der Waals surface area contributed by atoms with Crippen LogP contribution in [0.2, 0.25) is 0 Å². The van der Waals surface area contributed by atoms with Crippen molar-refractivity contribution in [1.82, 2.24) is 15.0 Å². The van der Waals surface area contributed by atoms with Gasteiger partial charge in [-0.25, -0.2) is 4.79 Å². The number of fused-ring (bicyclic) bond motifs is 1. The van der Waals surface area contributed by atoms with E-state index >= 15 is 0 Å². The lowest BCUT2D eigenvalue weighted by Gasteiger charge is -2.35. The zero-order valence-corrected chi connectivity index (χ0v) is 22.4. The average molecular weight is 502 g/mol. The van der Waals surface area contributed by atoms with E-state index in [2.05, 4.69) is 41.5 Å². The Hall–Kier alpha value is -3.11. The first-order chi connectivity index (χ1) is 17.1. The summed E-state index contributed by atoms with van der Waals surface area (Å²) in [7, 11) is 3.47. The van der Waals surface area contributed by atoms with E-state index in [0.717, 1.165) is 19.5 Å². The van der Waals surface area contributed by atoms with Gasteiger partial charge in [0.2, 0.25) is 0 Å². The van der Waals surface area contributed by atoms with E-state index in [4.69, 9.17) is 14.0 Å². The third-order valence-corrected chi connectivity index (χ3v) is 6.62. The SMILES string of the molecule is CCCN1C[C@@H](C)[C@@H](OC)CN(C)C(=O)c2ccc(NC(=O)Nc3c(C)noc3C)cc2OC[C@@H]1C. The Morgan fingerprint density at radius 1 is 1.22 bits per heavy atom. The lowest BCUT2D eigenvalue weighted by molar-refractivity contribution is 0.0108.